The Hall–Kier alpha value is -2.15. The molecule has 0 aliphatic carbocycles. The van der Waals surface area contributed by atoms with Gasteiger partial charge in [-0.05, 0) is 49.9 Å². The number of rotatable bonds is 6. The number of likely N-dealkylation sites (N-methyl/N-ethyl adjacent to an activating group) is 1. The molecule has 0 bridgehead atoms. The van der Waals surface area contributed by atoms with E-state index in [-0.39, 0.29) is 11.6 Å². The number of nitrogens with one attached hydrogen (secondary N) is 1. The van der Waals surface area contributed by atoms with E-state index in [0.717, 1.165) is 50.2 Å². The number of hydrogen-bond donors (Lipinski definition) is 1. The number of fused-ring (bicyclic) bond motifs is 1. The maximum absolute atomic E-state index is 14.5. The summed E-state index contributed by atoms with van der Waals surface area (Å²) in [5, 5.41) is 0.622. The lowest BCUT2D eigenvalue weighted by atomic mass is 10.2. The molecular weight excluding hydrogens is 379 g/mol. The molecule has 0 atom stereocenters. The normalized spacial score (nSPS) is 16.0. The number of H-pyrrole nitrogens is 1. The molecule has 0 radical (unpaired) electrons. The van der Waals surface area contributed by atoms with Gasteiger partial charge in [-0.3, -0.25) is 0 Å². The SMILES string of the molecule is CN1CCN(CCCOc2ccc(-c3nc4cc(Cl)ccc4[nH]3)cc2F)CC1. The van der Waals surface area contributed by atoms with Crippen molar-refractivity contribution in [3.05, 3.63) is 47.2 Å². The molecule has 3 aromatic rings. The molecule has 4 rings (SSSR count). The fourth-order valence-electron chi connectivity index (χ4n) is 3.42. The van der Waals surface area contributed by atoms with Gasteiger partial charge in [0, 0.05) is 43.3 Å². The number of nitrogens with zero attached hydrogens (tertiary/aromatic N) is 3. The Kier molecular flexibility index (Phi) is 5.80. The maximum Gasteiger partial charge on any atom is 0.165 e. The van der Waals surface area contributed by atoms with Crippen LogP contribution < -0.4 is 4.74 Å². The summed E-state index contributed by atoms with van der Waals surface area (Å²) in [4.78, 5) is 12.4. The summed E-state index contributed by atoms with van der Waals surface area (Å²) in [7, 11) is 2.15. The van der Waals surface area contributed by atoms with E-state index >= 15 is 0 Å². The lowest BCUT2D eigenvalue weighted by molar-refractivity contribution is 0.145. The van der Waals surface area contributed by atoms with Crippen LogP contribution in [0.3, 0.4) is 0 Å². The lowest BCUT2D eigenvalue weighted by Gasteiger charge is -2.32. The first-order chi connectivity index (χ1) is 13.6. The molecule has 0 amide bonds. The molecule has 2 aromatic carbocycles. The van der Waals surface area contributed by atoms with Crippen molar-refractivity contribution in [3.8, 4) is 17.1 Å². The third-order valence-corrected chi connectivity index (χ3v) is 5.36. The number of halogens is 2. The molecule has 1 N–H and O–H groups in total. The van der Waals surface area contributed by atoms with Gasteiger partial charge in [0.25, 0.3) is 0 Å². The van der Waals surface area contributed by atoms with Crippen LogP contribution in [0.2, 0.25) is 5.02 Å². The molecular formula is C21H24ClFN4O. The summed E-state index contributed by atoms with van der Waals surface area (Å²) in [6.45, 7) is 5.86. The van der Waals surface area contributed by atoms with E-state index < -0.39 is 0 Å². The van der Waals surface area contributed by atoms with Crippen LogP contribution in [0.1, 0.15) is 6.42 Å². The number of aromatic nitrogens is 2. The number of benzene rings is 2. The highest BCUT2D eigenvalue weighted by atomic mass is 35.5. The Morgan fingerprint density at radius 2 is 1.96 bits per heavy atom. The van der Waals surface area contributed by atoms with Crippen LogP contribution in [0.15, 0.2) is 36.4 Å². The molecule has 0 spiro atoms. The van der Waals surface area contributed by atoms with Crippen molar-refractivity contribution in [1.29, 1.82) is 0 Å². The monoisotopic (exact) mass is 402 g/mol. The van der Waals surface area contributed by atoms with E-state index in [4.69, 9.17) is 16.3 Å². The summed E-state index contributed by atoms with van der Waals surface area (Å²) in [6, 6.07) is 10.4. The number of hydrogen-bond acceptors (Lipinski definition) is 4. The molecule has 1 fully saturated rings. The van der Waals surface area contributed by atoms with Crippen LogP contribution in [0.5, 0.6) is 5.75 Å². The van der Waals surface area contributed by atoms with Crippen molar-refractivity contribution in [2.45, 2.75) is 6.42 Å². The number of aromatic amines is 1. The second-order valence-electron chi connectivity index (χ2n) is 7.24. The van der Waals surface area contributed by atoms with E-state index in [1.165, 1.54) is 6.07 Å². The molecule has 0 saturated carbocycles. The van der Waals surface area contributed by atoms with Gasteiger partial charge in [0.05, 0.1) is 17.6 Å². The first-order valence-electron chi connectivity index (χ1n) is 9.57. The minimum atomic E-state index is -0.379. The molecule has 7 heteroatoms. The van der Waals surface area contributed by atoms with Crippen molar-refractivity contribution >= 4 is 22.6 Å². The molecule has 148 valence electrons. The van der Waals surface area contributed by atoms with Crippen LogP contribution in [0, 0.1) is 5.82 Å². The van der Waals surface area contributed by atoms with Gasteiger partial charge in [-0.25, -0.2) is 9.37 Å². The smallest absolute Gasteiger partial charge is 0.165 e. The van der Waals surface area contributed by atoms with Crippen LogP contribution in [0.25, 0.3) is 22.4 Å². The highest BCUT2D eigenvalue weighted by Crippen LogP contribution is 2.26. The second-order valence-corrected chi connectivity index (χ2v) is 7.68. The average Bonchev–Trinajstić information content (AvgIpc) is 3.11. The average molecular weight is 403 g/mol. The molecule has 2 heterocycles. The Balaban J connectivity index is 1.34. The predicted molar refractivity (Wildman–Crippen MR) is 111 cm³/mol. The standard InChI is InChI=1S/C21H24ClFN4O/c1-26-8-10-27(11-9-26)7-2-12-28-20-6-3-15(13-17(20)23)21-24-18-5-4-16(22)14-19(18)25-21/h3-6,13-14H,2,7-12H2,1H3,(H,24,25). The molecule has 1 aromatic heterocycles. The first-order valence-corrected chi connectivity index (χ1v) is 9.95. The zero-order valence-electron chi connectivity index (χ0n) is 15.9. The molecule has 1 saturated heterocycles. The molecule has 1 aliphatic rings. The van der Waals surface area contributed by atoms with Gasteiger partial charge in [0.1, 0.15) is 5.82 Å². The Labute approximate surface area is 169 Å². The van der Waals surface area contributed by atoms with Crippen molar-refractivity contribution in [1.82, 2.24) is 19.8 Å². The predicted octanol–water partition coefficient (Wildman–Crippen LogP) is 4.04. The van der Waals surface area contributed by atoms with Crippen LogP contribution >= 0.6 is 11.6 Å². The molecule has 1 aliphatic heterocycles. The Morgan fingerprint density at radius 1 is 1.14 bits per heavy atom. The van der Waals surface area contributed by atoms with Gasteiger partial charge in [-0.15, -0.1) is 0 Å². The van der Waals surface area contributed by atoms with Gasteiger partial charge in [0.2, 0.25) is 0 Å². The Bertz CT molecular complexity index is 953. The topological polar surface area (TPSA) is 44.4 Å². The van der Waals surface area contributed by atoms with Crippen LogP contribution in [0.4, 0.5) is 4.39 Å². The number of piperazine rings is 1. The van der Waals surface area contributed by atoms with Gasteiger partial charge >= 0.3 is 0 Å². The molecule has 5 nitrogen and oxygen atoms in total. The fourth-order valence-corrected chi connectivity index (χ4v) is 3.59. The quantitative estimate of drug-likeness (QED) is 0.632. The zero-order chi connectivity index (χ0) is 19.5. The summed E-state index contributed by atoms with van der Waals surface area (Å²) in [5.41, 5.74) is 2.30. The minimum absolute atomic E-state index is 0.279. The van der Waals surface area contributed by atoms with E-state index in [1.54, 1.807) is 18.2 Å². The van der Waals surface area contributed by atoms with E-state index in [9.17, 15) is 4.39 Å². The van der Waals surface area contributed by atoms with Crippen molar-refractivity contribution in [2.75, 3.05) is 46.4 Å². The summed E-state index contributed by atoms with van der Waals surface area (Å²) in [6.07, 6.45) is 0.884. The third-order valence-electron chi connectivity index (χ3n) is 5.12. The van der Waals surface area contributed by atoms with Crippen molar-refractivity contribution in [3.63, 3.8) is 0 Å². The highest BCUT2D eigenvalue weighted by molar-refractivity contribution is 6.31. The zero-order valence-corrected chi connectivity index (χ0v) is 16.7. The lowest BCUT2D eigenvalue weighted by Crippen LogP contribution is -2.44. The van der Waals surface area contributed by atoms with Gasteiger partial charge in [0.15, 0.2) is 11.6 Å². The molecule has 28 heavy (non-hydrogen) atoms. The van der Waals surface area contributed by atoms with Gasteiger partial charge in [-0.2, -0.15) is 0 Å². The van der Waals surface area contributed by atoms with Crippen molar-refractivity contribution < 1.29 is 9.13 Å². The molecule has 0 unspecified atom stereocenters. The largest absolute Gasteiger partial charge is 0.490 e. The van der Waals surface area contributed by atoms with Crippen LogP contribution in [-0.4, -0.2) is 66.1 Å². The number of imidazole rings is 1. The fraction of sp³-hybridized carbons (Fsp3) is 0.381. The van der Waals surface area contributed by atoms with E-state index in [2.05, 4.69) is 26.8 Å². The number of ether oxygens (including phenoxy) is 1. The van der Waals surface area contributed by atoms with Gasteiger partial charge < -0.3 is 19.5 Å². The Morgan fingerprint density at radius 3 is 2.75 bits per heavy atom. The maximum atomic E-state index is 14.5. The third kappa shape index (κ3) is 4.46. The van der Waals surface area contributed by atoms with E-state index in [1.807, 2.05) is 12.1 Å². The first kappa shape index (κ1) is 19.2. The summed E-state index contributed by atoms with van der Waals surface area (Å²) >= 11 is 6.00. The van der Waals surface area contributed by atoms with E-state index in [0.29, 0.717) is 23.0 Å². The second kappa shape index (κ2) is 8.47. The van der Waals surface area contributed by atoms with Crippen LogP contribution in [-0.2, 0) is 0 Å². The summed E-state index contributed by atoms with van der Waals surface area (Å²) in [5.74, 6) is 0.509. The van der Waals surface area contributed by atoms with Gasteiger partial charge in [-0.1, -0.05) is 11.6 Å². The minimum Gasteiger partial charge on any atom is -0.490 e. The highest BCUT2D eigenvalue weighted by Gasteiger charge is 2.14. The summed E-state index contributed by atoms with van der Waals surface area (Å²) < 4.78 is 20.1. The van der Waals surface area contributed by atoms with Crippen molar-refractivity contribution in [2.24, 2.45) is 0 Å².